The van der Waals surface area contributed by atoms with Gasteiger partial charge in [-0.15, -0.1) is 0 Å². The van der Waals surface area contributed by atoms with Crippen LogP contribution in [0.2, 0.25) is 0 Å². The van der Waals surface area contributed by atoms with Crippen molar-refractivity contribution in [2.45, 2.75) is 6.42 Å². The summed E-state index contributed by atoms with van der Waals surface area (Å²) in [5.74, 6) is -0.219. The van der Waals surface area contributed by atoms with E-state index in [0.29, 0.717) is 16.9 Å². The highest BCUT2D eigenvalue weighted by Gasteiger charge is 2.15. The average molecular weight is 324 g/mol. The second-order valence-electron chi connectivity index (χ2n) is 3.91. The Balaban J connectivity index is 2.28. The van der Waals surface area contributed by atoms with Gasteiger partial charge in [0.15, 0.2) is 5.78 Å². The van der Waals surface area contributed by atoms with Crippen LogP contribution in [0.15, 0.2) is 41.1 Å². The van der Waals surface area contributed by atoms with Crippen molar-refractivity contribution < 1.29 is 13.9 Å². The van der Waals surface area contributed by atoms with Crippen LogP contribution in [0.1, 0.15) is 15.9 Å². The molecule has 0 spiro atoms. The zero-order valence-electron chi connectivity index (χ0n) is 10.2. The van der Waals surface area contributed by atoms with Crippen LogP contribution >= 0.6 is 15.9 Å². The van der Waals surface area contributed by atoms with Crippen LogP contribution in [-0.2, 0) is 6.42 Å². The molecule has 5 heteroatoms. The van der Waals surface area contributed by atoms with Gasteiger partial charge in [0.1, 0.15) is 11.6 Å². The first-order valence-corrected chi connectivity index (χ1v) is 6.36. The van der Waals surface area contributed by atoms with Crippen molar-refractivity contribution in [3.63, 3.8) is 0 Å². The lowest BCUT2D eigenvalue weighted by Gasteiger charge is -2.07. The van der Waals surface area contributed by atoms with Gasteiger partial charge in [-0.3, -0.25) is 9.78 Å². The molecule has 0 unspecified atom stereocenters. The molecule has 2 aromatic rings. The summed E-state index contributed by atoms with van der Waals surface area (Å²) in [4.78, 5) is 16.0. The van der Waals surface area contributed by atoms with Gasteiger partial charge in [0.2, 0.25) is 0 Å². The second kappa shape index (κ2) is 5.93. The Morgan fingerprint density at radius 3 is 2.95 bits per heavy atom. The number of ether oxygens (including phenoxy) is 1. The summed E-state index contributed by atoms with van der Waals surface area (Å²) in [6.07, 6.45) is 2.95. The standard InChI is InChI=1S/C14H11BrFNO2/c1-19-14-8-17-5-4-11(14)13(18)7-9-6-10(15)2-3-12(9)16/h2-6,8H,7H2,1H3. The van der Waals surface area contributed by atoms with Crippen LogP contribution in [0.5, 0.6) is 5.75 Å². The first-order valence-electron chi connectivity index (χ1n) is 5.57. The number of methoxy groups -OCH3 is 1. The first kappa shape index (κ1) is 13.7. The van der Waals surface area contributed by atoms with E-state index in [1.54, 1.807) is 18.2 Å². The van der Waals surface area contributed by atoms with E-state index in [1.807, 2.05) is 0 Å². The number of ketones is 1. The van der Waals surface area contributed by atoms with Gasteiger partial charge in [-0.1, -0.05) is 15.9 Å². The molecule has 1 aromatic heterocycles. The van der Waals surface area contributed by atoms with Crippen LogP contribution in [-0.4, -0.2) is 17.9 Å². The lowest BCUT2D eigenvalue weighted by atomic mass is 10.0. The first-order chi connectivity index (χ1) is 9.11. The maximum atomic E-state index is 13.6. The lowest BCUT2D eigenvalue weighted by molar-refractivity contribution is 0.0988. The summed E-state index contributed by atoms with van der Waals surface area (Å²) in [6, 6.07) is 6.09. The van der Waals surface area contributed by atoms with Crippen LogP contribution < -0.4 is 4.74 Å². The van der Waals surface area contributed by atoms with Gasteiger partial charge in [0.05, 0.1) is 18.9 Å². The SMILES string of the molecule is COc1cnccc1C(=O)Cc1cc(Br)ccc1F. The maximum Gasteiger partial charge on any atom is 0.171 e. The molecular weight excluding hydrogens is 313 g/mol. The van der Waals surface area contributed by atoms with Crippen LogP contribution in [0.4, 0.5) is 4.39 Å². The summed E-state index contributed by atoms with van der Waals surface area (Å²) in [7, 11) is 1.47. The fraction of sp³-hybridized carbons (Fsp3) is 0.143. The third kappa shape index (κ3) is 3.17. The van der Waals surface area contributed by atoms with E-state index in [-0.39, 0.29) is 12.2 Å². The number of halogens is 2. The average Bonchev–Trinajstić information content (AvgIpc) is 2.42. The van der Waals surface area contributed by atoms with Crippen LogP contribution in [0.25, 0.3) is 0 Å². The van der Waals surface area contributed by atoms with Gasteiger partial charge in [-0.25, -0.2) is 4.39 Å². The van der Waals surface area contributed by atoms with Gasteiger partial charge in [0.25, 0.3) is 0 Å². The molecule has 1 aromatic carbocycles. The summed E-state index contributed by atoms with van der Waals surface area (Å²) in [5.41, 5.74) is 0.745. The summed E-state index contributed by atoms with van der Waals surface area (Å²) in [6.45, 7) is 0. The predicted octanol–water partition coefficient (Wildman–Crippen LogP) is 3.42. The molecule has 0 saturated heterocycles. The number of hydrogen-bond acceptors (Lipinski definition) is 3. The molecule has 0 fully saturated rings. The summed E-state index contributed by atoms with van der Waals surface area (Å²) in [5, 5.41) is 0. The minimum atomic E-state index is -0.399. The maximum absolute atomic E-state index is 13.6. The number of nitrogens with zero attached hydrogens (tertiary/aromatic N) is 1. The monoisotopic (exact) mass is 323 g/mol. The zero-order valence-corrected chi connectivity index (χ0v) is 11.8. The van der Waals surface area contributed by atoms with Crippen molar-refractivity contribution in [2.24, 2.45) is 0 Å². The number of carbonyl (C=O) groups excluding carboxylic acids is 1. The van der Waals surface area contributed by atoms with Crippen LogP contribution in [0.3, 0.4) is 0 Å². The van der Waals surface area contributed by atoms with E-state index in [1.165, 1.54) is 25.6 Å². The van der Waals surface area contributed by atoms with E-state index in [4.69, 9.17) is 4.74 Å². The van der Waals surface area contributed by atoms with Crippen molar-refractivity contribution in [2.75, 3.05) is 7.11 Å². The fourth-order valence-electron chi connectivity index (χ4n) is 1.72. The molecule has 3 nitrogen and oxygen atoms in total. The Bertz CT molecular complexity index is 616. The highest BCUT2D eigenvalue weighted by Crippen LogP contribution is 2.21. The van der Waals surface area contributed by atoms with Gasteiger partial charge in [-0.2, -0.15) is 0 Å². The number of hydrogen-bond donors (Lipinski definition) is 0. The molecule has 0 radical (unpaired) electrons. The molecule has 2 rings (SSSR count). The minimum absolute atomic E-state index is 0.0222. The van der Waals surface area contributed by atoms with Crippen molar-refractivity contribution >= 4 is 21.7 Å². The highest BCUT2D eigenvalue weighted by atomic mass is 79.9. The molecule has 0 aliphatic rings. The topological polar surface area (TPSA) is 39.2 Å². The minimum Gasteiger partial charge on any atom is -0.494 e. The predicted molar refractivity (Wildman–Crippen MR) is 72.9 cm³/mol. The number of aromatic nitrogens is 1. The number of rotatable bonds is 4. The largest absolute Gasteiger partial charge is 0.494 e. The number of Topliss-reactive ketones (excluding diaryl/α,β-unsaturated/α-hetero) is 1. The molecule has 0 N–H and O–H groups in total. The second-order valence-corrected chi connectivity index (χ2v) is 4.83. The van der Waals surface area contributed by atoms with E-state index in [0.717, 1.165) is 4.47 Å². The Morgan fingerprint density at radius 1 is 1.42 bits per heavy atom. The Labute approximate surface area is 118 Å². The Morgan fingerprint density at radius 2 is 2.21 bits per heavy atom. The summed E-state index contributed by atoms with van der Waals surface area (Å²) < 4.78 is 19.4. The fourth-order valence-corrected chi connectivity index (χ4v) is 2.13. The molecule has 19 heavy (non-hydrogen) atoms. The van der Waals surface area contributed by atoms with Crippen molar-refractivity contribution in [3.05, 3.63) is 58.1 Å². The molecule has 0 aliphatic heterocycles. The van der Waals surface area contributed by atoms with Gasteiger partial charge < -0.3 is 4.74 Å². The number of carbonyl (C=O) groups is 1. The van der Waals surface area contributed by atoms with E-state index >= 15 is 0 Å². The van der Waals surface area contributed by atoms with E-state index in [9.17, 15) is 9.18 Å². The Hall–Kier alpha value is -1.75. The normalized spacial score (nSPS) is 10.3. The zero-order chi connectivity index (χ0) is 13.8. The number of pyridine rings is 1. The molecule has 0 aliphatic carbocycles. The highest BCUT2D eigenvalue weighted by molar-refractivity contribution is 9.10. The van der Waals surface area contributed by atoms with Crippen molar-refractivity contribution in [3.8, 4) is 5.75 Å². The van der Waals surface area contributed by atoms with Crippen molar-refractivity contribution in [1.82, 2.24) is 4.98 Å². The van der Waals surface area contributed by atoms with Crippen molar-refractivity contribution in [1.29, 1.82) is 0 Å². The van der Waals surface area contributed by atoms with Gasteiger partial charge in [0, 0.05) is 17.1 Å². The van der Waals surface area contributed by atoms with Crippen LogP contribution in [0, 0.1) is 5.82 Å². The molecule has 0 amide bonds. The van der Waals surface area contributed by atoms with Gasteiger partial charge in [-0.05, 0) is 29.8 Å². The molecule has 0 saturated carbocycles. The lowest BCUT2D eigenvalue weighted by Crippen LogP contribution is -2.07. The quantitative estimate of drug-likeness (QED) is 0.809. The molecule has 0 atom stereocenters. The smallest absolute Gasteiger partial charge is 0.171 e. The number of benzene rings is 1. The van der Waals surface area contributed by atoms with Gasteiger partial charge >= 0.3 is 0 Å². The molecule has 1 heterocycles. The molecular formula is C14H11BrFNO2. The third-order valence-electron chi connectivity index (χ3n) is 2.66. The van der Waals surface area contributed by atoms with E-state index in [2.05, 4.69) is 20.9 Å². The third-order valence-corrected chi connectivity index (χ3v) is 3.16. The summed E-state index contributed by atoms with van der Waals surface area (Å²) >= 11 is 3.26. The molecule has 0 bridgehead atoms. The Kier molecular flexibility index (Phi) is 4.27. The molecule has 98 valence electrons. The van der Waals surface area contributed by atoms with E-state index < -0.39 is 5.82 Å².